The van der Waals surface area contributed by atoms with Crippen molar-refractivity contribution in [2.45, 2.75) is 65.3 Å². The summed E-state index contributed by atoms with van der Waals surface area (Å²) < 4.78 is 5.29. The molecule has 0 spiro atoms. The SMILES string of the molecule is CCOC(=O)C(CC)(CC(C)CC)NCC1CC1. The maximum atomic E-state index is 12.3. The van der Waals surface area contributed by atoms with Gasteiger partial charge in [0.25, 0.3) is 0 Å². The van der Waals surface area contributed by atoms with E-state index < -0.39 is 5.54 Å². The number of esters is 1. The van der Waals surface area contributed by atoms with Gasteiger partial charge in [-0.1, -0.05) is 27.2 Å². The van der Waals surface area contributed by atoms with Gasteiger partial charge >= 0.3 is 5.97 Å². The monoisotopic (exact) mass is 255 g/mol. The Balaban J connectivity index is 2.68. The predicted octanol–water partition coefficient (Wildman–Crippen LogP) is 3.13. The van der Waals surface area contributed by atoms with E-state index in [0.29, 0.717) is 12.5 Å². The second-order valence-electron chi connectivity index (χ2n) is 5.70. The van der Waals surface area contributed by atoms with Crippen LogP contribution in [0.3, 0.4) is 0 Å². The Morgan fingerprint density at radius 1 is 1.39 bits per heavy atom. The summed E-state index contributed by atoms with van der Waals surface area (Å²) in [4.78, 5) is 12.3. The van der Waals surface area contributed by atoms with Gasteiger partial charge in [-0.25, -0.2) is 0 Å². The molecule has 0 aliphatic heterocycles. The van der Waals surface area contributed by atoms with Gasteiger partial charge < -0.3 is 10.1 Å². The molecule has 0 aromatic rings. The summed E-state index contributed by atoms with van der Waals surface area (Å²) >= 11 is 0. The van der Waals surface area contributed by atoms with Crippen LogP contribution in [0.5, 0.6) is 0 Å². The summed E-state index contributed by atoms with van der Waals surface area (Å²) in [7, 11) is 0. The van der Waals surface area contributed by atoms with Crippen molar-refractivity contribution in [3.05, 3.63) is 0 Å². The highest BCUT2D eigenvalue weighted by atomic mass is 16.5. The van der Waals surface area contributed by atoms with Crippen molar-refractivity contribution in [3.63, 3.8) is 0 Å². The maximum absolute atomic E-state index is 12.3. The molecule has 3 heteroatoms. The molecular weight excluding hydrogens is 226 g/mol. The summed E-state index contributed by atoms with van der Waals surface area (Å²) in [5.74, 6) is 1.26. The molecule has 0 heterocycles. The van der Waals surface area contributed by atoms with E-state index in [4.69, 9.17) is 4.74 Å². The third-order valence-electron chi connectivity index (χ3n) is 4.09. The minimum absolute atomic E-state index is 0.0616. The highest BCUT2D eigenvalue weighted by Gasteiger charge is 2.40. The lowest BCUT2D eigenvalue weighted by Crippen LogP contribution is -2.54. The Morgan fingerprint density at radius 2 is 2.06 bits per heavy atom. The van der Waals surface area contributed by atoms with Gasteiger partial charge in [-0.15, -0.1) is 0 Å². The number of hydrogen-bond donors (Lipinski definition) is 1. The fourth-order valence-electron chi connectivity index (χ4n) is 2.31. The Kier molecular flexibility index (Phi) is 6.13. The van der Waals surface area contributed by atoms with Gasteiger partial charge in [0, 0.05) is 0 Å². The lowest BCUT2D eigenvalue weighted by Gasteiger charge is -2.34. The van der Waals surface area contributed by atoms with Crippen LogP contribution in [0.4, 0.5) is 0 Å². The highest BCUT2D eigenvalue weighted by molar-refractivity contribution is 5.80. The average Bonchev–Trinajstić information content (AvgIpc) is 3.18. The molecule has 0 saturated heterocycles. The minimum atomic E-state index is -0.464. The third kappa shape index (κ3) is 4.27. The van der Waals surface area contributed by atoms with Crippen LogP contribution in [-0.4, -0.2) is 24.7 Å². The molecule has 18 heavy (non-hydrogen) atoms. The van der Waals surface area contributed by atoms with Crippen LogP contribution in [0.1, 0.15) is 59.8 Å². The van der Waals surface area contributed by atoms with E-state index in [2.05, 4.69) is 26.1 Å². The number of rotatable bonds is 9. The Hall–Kier alpha value is -0.570. The molecule has 106 valence electrons. The van der Waals surface area contributed by atoms with Crippen molar-refractivity contribution >= 4 is 5.97 Å². The Morgan fingerprint density at radius 3 is 2.50 bits per heavy atom. The van der Waals surface area contributed by atoms with Gasteiger partial charge in [-0.3, -0.25) is 4.79 Å². The summed E-state index contributed by atoms with van der Waals surface area (Å²) in [6.45, 7) is 9.77. The first-order chi connectivity index (χ1) is 8.57. The lowest BCUT2D eigenvalue weighted by atomic mass is 9.84. The van der Waals surface area contributed by atoms with Crippen molar-refractivity contribution in [2.75, 3.05) is 13.2 Å². The molecule has 1 N–H and O–H groups in total. The molecule has 0 aromatic heterocycles. The molecule has 0 amide bonds. The van der Waals surface area contributed by atoms with Gasteiger partial charge in [0.05, 0.1) is 6.61 Å². The van der Waals surface area contributed by atoms with Crippen LogP contribution in [0, 0.1) is 11.8 Å². The smallest absolute Gasteiger partial charge is 0.326 e. The third-order valence-corrected chi connectivity index (χ3v) is 4.09. The van der Waals surface area contributed by atoms with Crippen LogP contribution >= 0.6 is 0 Å². The minimum Gasteiger partial charge on any atom is -0.465 e. The van der Waals surface area contributed by atoms with Gasteiger partial charge in [-0.2, -0.15) is 0 Å². The first kappa shape index (κ1) is 15.5. The molecule has 0 aromatic carbocycles. The topological polar surface area (TPSA) is 38.3 Å². The fourth-order valence-corrected chi connectivity index (χ4v) is 2.31. The molecule has 2 atom stereocenters. The summed E-state index contributed by atoms with van der Waals surface area (Å²) in [6.07, 6.45) is 5.40. The number of nitrogens with one attached hydrogen (secondary N) is 1. The van der Waals surface area contributed by atoms with Crippen LogP contribution in [-0.2, 0) is 9.53 Å². The lowest BCUT2D eigenvalue weighted by molar-refractivity contribution is -0.152. The number of hydrogen-bond acceptors (Lipinski definition) is 3. The van der Waals surface area contributed by atoms with Crippen LogP contribution in [0.2, 0.25) is 0 Å². The predicted molar refractivity (Wildman–Crippen MR) is 74.5 cm³/mol. The summed E-state index contributed by atoms with van der Waals surface area (Å²) in [5, 5.41) is 3.52. The van der Waals surface area contributed by atoms with Crippen molar-refractivity contribution < 1.29 is 9.53 Å². The number of carbonyl (C=O) groups is 1. The number of carbonyl (C=O) groups excluding carboxylic acids is 1. The van der Waals surface area contributed by atoms with Gasteiger partial charge in [0.1, 0.15) is 5.54 Å². The van der Waals surface area contributed by atoms with E-state index in [-0.39, 0.29) is 5.97 Å². The fraction of sp³-hybridized carbons (Fsp3) is 0.933. The zero-order chi connectivity index (χ0) is 13.6. The Bertz CT molecular complexity index is 263. The van der Waals surface area contributed by atoms with Gasteiger partial charge in [-0.05, 0) is 51.0 Å². The normalized spacial score (nSPS) is 20.2. The average molecular weight is 255 g/mol. The molecule has 1 aliphatic carbocycles. The quantitative estimate of drug-likeness (QED) is 0.643. The largest absolute Gasteiger partial charge is 0.465 e. The molecule has 1 aliphatic rings. The van der Waals surface area contributed by atoms with Crippen molar-refractivity contribution in [3.8, 4) is 0 Å². The van der Waals surface area contributed by atoms with E-state index in [1.165, 1.54) is 12.8 Å². The van der Waals surface area contributed by atoms with E-state index in [9.17, 15) is 4.79 Å². The van der Waals surface area contributed by atoms with E-state index in [0.717, 1.165) is 31.7 Å². The summed E-state index contributed by atoms with van der Waals surface area (Å²) in [6, 6.07) is 0. The van der Waals surface area contributed by atoms with Crippen molar-refractivity contribution in [1.82, 2.24) is 5.32 Å². The van der Waals surface area contributed by atoms with Gasteiger partial charge in [0.15, 0.2) is 0 Å². The van der Waals surface area contributed by atoms with Crippen LogP contribution in [0.15, 0.2) is 0 Å². The first-order valence-corrected chi connectivity index (χ1v) is 7.50. The van der Waals surface area contributed by atoms with Crippen LogP contribution in [0.25, 0.3) is 0 Å². The zero-order valence-electron chi connectivity index (χ0n) is 12.4. The zero-order valence-corrected chi connectivity index (χ0v) is 12.4. The van der Waals surface area contributed by atoms with Crippen molar-refractivity contribution in [2.24, 2.45) is 11.8 Å². The second kappa shape index (κ2) is 7.13. The molecule has 1 saturated carbocycles. The van der Waals surface area contributed by atoms with E-state index in [1.54, 1.807) is 0 Å². The van der Waals surface area contributed by atoms with E-state index >= 15 is 0 Å². The van der Waals surface area contributed by atoms with Crippen molar-refractivity contribution in [1.29, 1.82) is 0 Å². The first-order valence-electron chi connectivity index (χ1n) is 7.50. The molecule has 0 bridgehead atoms. The van der Waals surface area contributed by atoms with E-state index in [1.807, 2.05) is 6.92 Å². The standard InChI is InChI=1S/C15H29NO2/c1-5-12(4)10-15(6-2,14(17)18-7-3)16-11-13-8-9-13/h12-13,16H,5-11H2,1-4H3. The summed E-state index contributed by atoms with van der Waals surface area (Å²) in [5.41, 5.74) is -0.464. The second-order valence-corrected chi connectivity index (χ2v) is 5.70. The molecule has 1 fully saturated rings. The van der Waals surface area contributed by atoms with Gasteiger partial charge in [0.2, 0.25) is 0 Å². The number of ether oxygens (including phenoxy) is 1. The molecule has 3 nitrogen and oxygen atoms in total. The molecular formula is C15H29NO2. The maximum Gasteiger partial charge on any atom is 0.326 e. The molecule has 1 rings (SSSR count). The van der Waals surface area contributed by atoms with Crippen LogP contribution < -0.4 is 5.32 Å². The molecule has 0 radical (unpaired) electrons. The highest BCUT2D eigenvalue weighted by Crippen LogP contribution is 2.31. The Labute approximate surface area is 112 Å². The molecule has 2 unspecified atom stereocenters.